The van der Waals surface area contributed by atoms with E-state index >= 15 is 0 Å². The molecule has 7 aromatic rings. The number of rotatable bonds is 1. The van der Waals surface area contributed by atoms with Gasteiger partial charge in [-0.25, -0.2) is 8.78 Å². The van der Waals surface area contributed by atoms with Crippen LogP contribution in [0, 0.1) is 11.6 Å². The second-order valence-electron chi connectivity index (χ2n) is 9.68. The molecule has 0 unspecified atom stereocenters. The monoisotopic (exact) mass is 417 g/mol. The second-order valence-corrected chi connectivity index (χ2v) is 9.68. The number of halogens is 2. The minimum Gasteiger partial charge on any atom is -0.309 e. The van der Waals surface area contributed by atoms with E-state index in [9.17, 15) is 8.78 Å². The number of aromatic nitrogens is 1. The summed E-state index contributed by atoms with van der Waals surface area (Å²) in [6.07, 6.45) is 0. The van der Waals surface area contributed by atoms with Gasteiger partial charge in [-0.15, -0.1) is 0 Å². The van der Waals surface area contributed by atoms with Crippen LogP contribution in [0.5, 0.6) is 0 Å². The van der Waals surface area contributed by atoms with Crippen LogP contribution in [-0.4, -0.2) is 4.57 Å². The second kappa shape index (κ2) is 5.02. The molecule has 1 aromatic heterocycles. The zero-order valence-corrected chi connectivity index (χ0v) is 17.6. The summed E-state index contributed by atoms with van der Waals surface area (Å²) in [6, 6.07) is 21.2. The Bertz CT molecular complexity index is 1790. The predicted molar refractivity (Wildman–Crippen MR) is 128 cm³/mol. The summed E-state index contributed by atoms with van der Waals surface area (Å²) in [5, 5.41) is 9.98. The van der Waals surface area contributed by atoms with Crippen LogP contribution in [0.4, 0.5) is 8.78 Å². The molecule has 1 aliphatic rings. The van der Waals surface area contributed by atoms with Crippen molar-refractivity contribution in [3.63, 3.8) is 0 Å². The van der Waals surface area contributed by atoms with Gasteiger partial charge in [0.05, 0.1) is 16.7 Å². The first-order valence-corrected chi connectivity index (χ1v) is 10.9. The van der Waals surface area contributed by atoms with Crippen molar-refractivity contribution in [1.82, 2.24) is 4.57 Å². The molecule has 0 spiro atoms. The largest absolute Gasteiger partial charge is 0.309 e. The zero-order chi connectivity index (χ0) is 21.5. The Labute approximate surface area is 182 Å². The summed E-state index contributed by atoms with van der Waals surface area (Å²) >= 11 is 0. The van der Waals surface area contributed by atoms with Crippen LogP contribution in [0.3, 0.4) is 0 Å². The van der Waals surface area contributed by atoms with Gasteiger partial charge < -0.3 is 4.57 Å². The molecule has 0 bridgehead atoms. The lowest BCUT2D eigenvalue weighted by Gasteiger charge is -2.22. The topological polar surface area (TPSA) is 4.93 Å². The van der Waals surface area contributed by atoms with Crippen LogP contribution in [0.15, 0.2) is 66.7 Å². The number of nitrogens with zero attached hydrogens (tertiary/aromatic N) is 1. The normalized spacial score (nSPS) is 15.1. The van der Waals surface area contributed by atoms with E-state index in [4.69, 9.17) is 0 Å². The number of hydrogen-bond donors (Lipinski definition) is 0. The average Bonchev–Trinajstić information content (AvgIpc) is 3.23. The molecule has 0 fully saturated rings. The lowest BCUT2D eigenvalue weighted by Crippen LogP contribution is -2.15. The fourth-order valence-corrected chi connectivity index (χ4v) is 6.48. The molecule has 0 radical (unpaired) electrons. The molecule has 1 nitrogen and oxygen atoms in total. The molecular formula is C29H17F2N. The minimum absolute atomic E-state index is 0.0670. The standard InChI is InChI=1S/C29H17F2N/c1-29(2)19-7-3-14-5-9-21-27-23(14)25(19)26-20(29)8-4-15-6-10-22(28(27)24(15)26)32(21)18-12-16(30)11-17(31)13-18/h3-13H,1-2H3. The molecule has 32 heavy (non-hydrogen) atoms. The van der Waals surface area contributed by atoms with Crippen molar-refractivity contribution in [3.8, 4) is 5.69 Å². The predicted octanol–water partition coefficient (Wildman–Crippen LogP) is 8.04. The smallest absolute Gasteiger partial charge is 0.128 e. The van der Waals surface area contributed by atoms with Crippen LogP contribution < -0.4 is 0 Å². The number of benzene rings is 6. The molecule has 0 N–H and O–H groups in total. The van der Waals surface area contributed by atoms with Crippen molar-refractivity contribution in [3.05, 3.63) is 89.5 Å². The van der Waals surface area contributed by atoms with Crippen LogP contribution >= 0.6 is 0 Å². The van der Waals surface area contributed by atoms with Gasteiger partial charge in [-0.3, -0.25) is 0 Å². The average molecular weight is 417 g/mol. The summed E-state index contributed by atoms with van der Waals surface area (Å²) in [5.74, 6) is -1.14. The van der Waals surface area contributed by atoms with Gasteiger partial charge in [0.1, 0.15) is 11.6 Å². The third-order valence-corrected chi connectivity index (χ3v) is 7.76. The Hall–Kier alpha value is -3.72. The highest BCUT2D eigenvalue weighted by atomic mass is 19.1. The van der Waals surface area contributed by atoms with Crippen molar-refractivity contribution in [2.24, 2.45) is 0 Å². The summed E-state index contributed by atoms with van der Waals surface area (Å²) < 4.78 is 30.5. The molecular weight excluding hydrogens is 400 g/mol. The maximum Gasteiger partial charge on any atom is 0.128 e. The molecule has 3 heteroatoms. The van der Waals surface area contributed by atoms with E-state index in [1.54, 1.807) is 0 Å². The van der Waals surface area contributed by atoms with Gasteiger partial charge in [0.15, 0.2) is 0 Å². The third-order valence-electron chi connectivity index (χ3n) is 7.76. The van der Waals surface area contributed by atoms with Gasteiger partial charge >= 0.3 is 0 Å². The maximum atomic E-state index is 14.2. The Morgan fingerprint density at radius 3 is 1.53 bits per heavy atom. The van der Waals surface area contributed by atoms with Crippen LogP contribution in [0.2, 0.25) is 0 Å². The first-order valence-electron chi connectivity index (χ1n) is 10.9. The summed E-state index contributed by atoms with van der Waals surface area (Å²) in [5.41, 5.74) is 5.12. The van der Waals surface area contributed by atoms with E-state index in [1.165, 1.54) is 66.3 Å². The molecule has 1 heterocycles. The fraction of sp³-hybridized carbons (Fsp3) is 0.103. The Kier molecular flexibility index (Phi) is 2.65. The number of hydrogen-bond acceptors (Lipinski definition) is 0. The van der Waals surface area contributed by atoms with E-state index in [0.717, 1.165) is 17.1 Å². The third kappa shape index (κ3) is 1.67. The molecule has 0 saturated heterocycles. The molecule has 1 aliphatic carbocycles. The fourth-order valence-electron chi connectivity index (χ4n) is 6.48. The molecule has 0 atom stereocenters. The van der Waals surface area contributed by atoms with E-state index in [0.29, 0.717) is 5.69 Å². The quantitative estimate of drug-likeness (QED) is 0.188. The first kappa shape index (κ1) is 16.9. The molecule has 0 amide bonds. The maximum absolute atomic E-state index is 14.2. The Balaban J connectivity index is 1.75. The molecule has 0 saturated carbocycles. The van der Waals surface area contributed by atoms with Crippen molar-refractivity contribution in [2.45, 2.75) is 19.3 Å². The first-order chi connectivity index (χ1) is 15.4. The van der Waals surface area contributed by atoms with E-state index in [-0.39, 0.29) is 5.41 Å². The van der Waals surface area contributed by atoms with Crippen LogP contribution in [-0.2, 0) is 5.41 Å². The van der Waals surface area contributed by atoms with E-state index in [2.05, 4.69) is 62.4 Å². The lowest BCUT2D eigenvalue weighted by atomic mass is 9.81. The molecule has 6 aromatic carbocycles. The highest BCUT2D eigenvalue weighted by Crippen LogP contribution is 2.55. The van der Waals surface area contributed by atoms with Crippen molar-refractivity contribution >= 4 is 54.1 Å². The Morgan fingerprint density at radius 2 is 1.03 bits per heavy atom. The van der Waals surface area contributed by atoms with Gasteiger partial charge in [0, 0.05) is 22.3 Å². The summed E-state index contributed by atoms with van der Waals surface area (Å²) in [6.45, 7) is 4.61. The van der Waals surface area contributed by atoms with Gasteiger partial charge in [-0.05, 0) is 67.7 Å². The lowest BCUT2D eigenvalue weighted by molar-refractivity contribution is 0.582. The summed E-state index contributed by atoms with van der Waals surface area (Å²) in [7, 11) is 0. The zero-order valence-electron chi connectivity index (χ0n) is 17.6. The van der Waals surface area contributed by atoms with E-state index in [1.807, 2.05) is 4.57 Å². The van der Waals surface area contributed by atoms with Crippen molar-refractivity contribution in [1.29, 1.82) is 0 Å². The van der Waals surface area contributed by atoms with Crippen LogP contribution in [0.25, 0.3) is 59.8 Å². The van der Waals surface area contributed by atoms with Gasteiger partial charge in [-0.1, -0.05) is 50.2 Å². The van der Waals surface area contributed by atoms with Gasteiger partial charge in [0.2, 0.25) is 0 Å². The van der Waals surface area contributed by atoms with Crippen molar-refractivity contribution < 1.29 is 8.78 Å². The molecule has 152 valence electrons. The summed E-state index contributed by atoms with van der Waals surface area (Å²) in [4.78, 5) is 0. The highest BCUT2D eigenvalue weighted by molar-refractivity contribution is 6.42. The SMILES string of the molecule is CC1(C)c2ccc3ccc4c5c3c2c2c1ccc1ccc(c5c12)n4-c1cc(F)cc(F)c1. The highest BCUT2D eigenvalue weighted by Gasteiger charge is 2.37. The van der Waals surface area contributed by atoms with E-state index < -0.39 is 11.6 Å². The molecule has 0 aliphatic heterocycles. The minimum atomic E-state index is -0.569. The van der Waals surface area contributed by atoms with Gasteiger partial charge in [0.25, 0.3) is 0 Å². The van der Waals surface area contributed by atoms with Crippen molar-refractivity contribution in [2.75, 3.05) is 0 Å². The molecule has 8 rings (SSSR count). The Morgan fingerprint density at radius 1 is 0.562 bits per heavy atom. The van der Waals surface area contributed by atoms with Crippen LogP contribution in [0.1, 0.15) is 25.0 Å². The van der Waals surface area contributed by atoms with Gasteiger partial charge in [-0.2, -0.15) is 0 Å².